The lowest BCUT2D eigenvalue weighted by molar-refractivity contribution is -0.145. The molecule has 0 aromatic rings. The van der Waals surface area contributed by atoms with Crippen molar-refractivity contribution in [1.82, 2.24) is 42.1 Å². The highest BCUT2D eigenvalue weighted by Gasteiger charge is 2.41. The molecule has 1 heterocycles. The second-order valence-corrected chi connectivity index (χ2v) is 15.0. The molecular weight excluding hydrogens is 814 g/mol. The van der Waals surface area contributed by atoms with Crippen LogP contribution in [0, 0.1) is 11.8 Å². The molecule has 0 spiro atoms. The van der Waals surface area contributed by atoms with Gasteiger partial charge in [0.1, 0.15) is 48.3 Å². The first kappa shape index (κ1) is 53.5. The molecule has 25 nitrogen and oxygen atoms in total. The van der Waals surface area contributed by atoms with E-state index in [2.05, 4.69) is 31.9 Å². The van der Waals surface area contributed by atoms with Gasteiger partial charge in [0, 0.05) is 6.54 Å². The van der Waals surface area contributed by atoms with Crippen molar-refractivity contribution < 1.29 is 78.6 Å². The average Bonchev–Trinajstić information content (AvgIpc) is 3.70. The molecule has 0 saturated carbocycles. The van der Waals surface area contributed by atoms with Crippen molar-refractivity contribution in [2.45, 2.75) is 128 Å². The van der Waals surface area contributed by atoms with Gasteiger partial charge in [-0.1, -0.05) is 34.1 Å². The fourth-order valence-electron chi connectivity index (χ4n) is 5.88. The number of hydrogen-bond donors (Lipinski definition) is 14. The molecule has 15 N–H and O–H groups in total. The summed E-state index contributed by atoms with van der Waals surface area (Å²) in [6.07, 6.45) is -1.67. The Morgan fingerprint density at radius 3 is 1.64 bits per heavy atom. The Balaban J connectivity index is 3.08. The van der Waals surface area contributed by atoms with E-state index in [1.165, 1.54) is 20.8 Å². The summed E-state index contributed by atoms with van der Waals surface area (Å²) in [4.78, 5) is 129. The van der Waals surface area contributed by atoms with E-state index >= 15 is 0 Å². The summed E-state index contributed by atoms with van der Waals surface area (Å²) in [5.74, 6) is -12.2. The van der Waals surface area contributed by atoms with E-state index in [1.54, 1.807) is 6.92 Å². The number of carbonyl (C=O) groups is 10. The van der Waals surface area contributed by atoms with Crippen molar-refractivity contribution in [3.8, 4) is 0 Å². The summed E-state index contributed by atoms with van der Waals surface area (Å²) in [7, 11) is 0. The number of aliphatic hydroxyl groups is 4. The normalized spacial score (nSPS) is 18.6. The molecule has 0 bridgehead atoms. The molecule has 1 rings (SSSR count). The molecule has 0 radical (unpaired) electrons. The van der Waals surface area contributed by atoms with Crippen LogP contribution in [0.25, 0.3) is 0 Å². The molecule has 1 aliphatic heterocycles. The number of hydrogen-bond acceptors (Lipinski definition) is 15. The fourth-order valence-corrected chi connectivity index (χ4v) is 5.88. The summed E-state index contributed by atoms with van der Waals surface area (Å²) in [5.41, 5.74) is 5.90. The summed E-state index contributed by atoms with van der Waals surface area (Å²) in [6, 6.07) is -13.8. The van der Waals surface area contributed by atoms with Crippen LogP contribution in [0.5, 0.6) is 0 Å². The van der Waals surface area contributed by atoms with Gasteiger partial charge in [-0.2, -0.15) is 0 Å². The number of aliphatic hydroxyl groups excluding tert-OH is 4. The molecule has 0 aromatic carbocycles. The van der Waals surface area contributed by atoms with E-state index in [-0.39, 0.29) is 25.3 Å². The predicted octanol–water partition coefficient (Wildman–Crippen LogP) is -6.66. The summed E-state index contributed by atoms with van der Waals surface area (Å²) >= 11 is 0. The minimum atomic E-state index is -1.80. The summed E-state index contributed by atoms with van der Waals surface area (Å²) in [6.45, 7) is 5.73. The first-order valence-corrected chi connectivity index (χ1v) is 19.6. The molecule has 1 saturated heterocycles. The first-order valence-electron chi connectivity index (χ1n) is 19.6. The van der Waals surface area contributed by atoms with Crippen LogP contribution in [0.15, 0.2) is 0 Å². The maximum absolute atomic E-state index is 13.5. The van der Waals surface area contributed by atoms with Crippen LogP contribution in [0.4, 0.5) is 0 Å². The Kier molecular flexibility index (Phi) is 22.2. The molecule has 0 aliphatic carbocycles. The molecular formula is C36H61N9O16. The summed E-state index contributed by atoms with van der Waals surface area (Å²) < 4.78 is 0. The molecule has 346 valence electrons. The number of nitrogens with two attached hydrogens (primary N) is 1. The predicted molar refractivity (Wildman–Crippen MR) is 209 cm³/mol. The van der Waals surface area contributed by atoms with Gasteiger partial charge in [0.05, 0.1) is 38.4 Å². The van der Waals surface area contributed by atoms with Crippen molar-refractivity contribution in [3.05, 3.63) is 0 Å². The average molecular weight is 876 g/mol. The highest BCUT2D eigenvalue weighted by Crippen LogP contribution is 2.19. The van der Waals surface area contributed by atoms with Gasteiger partial charge in [0.15, 0.2) is 0 Å². The van der Waals surface area contributed by atoms with Crippen LogP contribution in [-0.2, 0) is 47.9 Å². The van der Waals surface area contributed by atoms with E-state index in [9.17, 15) is 73.5 Å². The van der Waals surface area contributed by atoms with Crippen LogP contribution in [-0.4, -0.2) is 182 Å². The number of carbonyl (C=O) groups excluding carboxylic acids is 8. The largest absolute Gasteiger partial charge is 0.481 e. The van der Waals surface area contributed by atoms with Gasteiger partial charge in [-0.05, 0) is 38.5 Å². The number of nitrogens with one attached hydrogen (secondary N) is 7. The van der Waals surface area contributed by atoms with Crippen LogP contribution in [0.1, 0.15) is 67.2 Å². The third-order valence-electron chi connectivity index (χ3n) is 9.88. The molecule has 1 aliphatic rings. The van der Waals surface area contributed by atoms with Crippen molar-refractivity contribution in [2.75, 3.05) is 26.4 Å². The van der Waals surface area contributed by atoms with Gasteiger partial charge in [-0.15, -0.1) is 0 Å². The maximum atomic E-state index is 13.5. The molecule has 0 aromatic heterocycles. The smallest absolute Gasteiger partial charge is 0.328 e. The maximum Gasteiger partial charge on any atom is 0.328 e. The van der Waals surface area contributed by atoms with E-state index < -0.39 is 152 Å². The number of carboxylic acids is 2. The zero-order valence-electron chi connectivity index (χ0n) is 34.9. The van der Waals surface area contributed by atoms with E-state index in [0.717, 1.165) is 11.8 Å². The topological polar surface area (TPSA) is 406 Å². The highest BCUT2D eigenvalue weighted by atomic mass is 16.4. The highest BCUT2D eigenvalue weighted by molar-refractivity contribution is 5.99. The van der Waals surface area contributed by atoms with Crippen molar-refractivity contribution >= 4 is 59.2 Å². The Hall–Kier alpha value is -5.50. The molecule has 11 atom stereocenters. The van der Waals surface area contributed by atoms with Crippen LogP contribution >= 0.6 is 0 Å². The van der Waals surface area contributed by atoms with Gasteiger partial charge in [-0.25, -0.2) is 4.79 Å². The lowest BCUT2D eigenvalue weighted by atomic mass is 9.99. The molecule has 1 fully saturated rings. The van der Waals surface area contributed by atoms with Crippen molar-refractivity contribution in [1.29, 1.82) is 0 Å². The molecule has 0 unspecified atom stereocenters. The zero-order valence-corrected chi connectivity index (χ0v) is 34.9. The van der Waals surface area contributed by atoms with Crippen molar-refractivity contribution in [2.24, 2.45) is 17.6 Å². The molecule has 8 amide bonds. The molecule has 61 heavy (non-hydrogen) atoms. The number of carboxylic acid groups (broad SMARTS) is 2. The van der Waals surface area contributed by atoms with Crippen LogP contribution in [0.2, 0.25) is 0 Å². The second kappa shape index (κ2) is 25.3. The Bertz CT molecular complexity index is 1600. The van der Waals surface area contributed by atoms with Gasteiger partial charge >= 0.3 is 11.9 Å². The third-order valence-corrected chi connectivity index (χ3v) is 9.88. The lowest BCUT2D eigenvalue weighted by Gasteiger charge is -2.30. The second-order valence-electron chi connectivity index (χ2n) is 15.0. The van der Waals surface area contributed by atoms with Crippen molar-refractivity contribution in [3.63, 3.8) is 0 Å². The standard InChI is InChI=1S/C36H61N9O16/c1-7-16(4)25(37)32(56)38-17(5)28(52)39-19(11-24(50)51)29(53)43-26(15(2)3)33(57)40-20(12-46)30(54)41-21(13-47)35(59)45-10-8-9-23(45)31(55)44-27(18(6)49)34(58)42-22(14-48)36(60)61/h15-23,25-27,46-49H,7-14,37H2,1-6H3,(H,38,56)(H,39,52)(H,40,57)(H,41,54)(H,42,58)(H,43,53)(H,44,55)(H,50,51)(H,60,61)/t16-,17-,18+,19-,20-,21-,22-,23-,25-,26-,27-/m0/s1. The van der Waals surface area contributed by atoms with Gasteiger partial charge < -0.3 is 78.5 Å². The number of likely N-dealkylation sites (tertiary alicyclic amines) is 1. The van der Waals surface area contributed by atoms with Crippen LogP contribution < -0.4 is 43.0 Å². The van der Waals surface area contributed by atoms with E-state index in [0.29, 0.717) is 6.42 Å². The SMILES string of the molecule is CC[C@H](C)[C@H](N)C(=O)N[C@@H](C)C(=O)N[C@@H](CC(=O)O)C(=O)N[C@H](C(=O)N[C@@H](CO)C(=O)N[C@@H](CO)C(=O)N1CCC[C@H]1C(=O)N[C@H](C(=O)N[C@@H](CO)C(=O)O)[C@@H](C)O)C(C)C. The lowest BCUT2D eigenvalue weighted by Crippen LogP contribution is -2.62. The minimum Gasteiger partial charge on any atom is -0.481 e. The van der Waals surface area contributed by atoms with Crippen LogP contribution in [0.3, 0.4) is 0 Å². The van der Waals surface area contributed by atoms with E-state index in [4.69, 9.17) is 10.8 Å². The third kappa shape index (κ3) is 16.1. The number of aliphatic carboxylic acids is 2. The van der Waals surface area contributed by atoms with Gasteiger partial charge in [0.25, 0.3) is 0 Å². The number of amides is 8. The van der Waals surface area contributed by atoms with E-state index in [1.807, 2.05) is 12.2 Å². The first-order chi connectivity index (χ1) is 28.4. The Labute approximate surface area is 351 Å². The number of nitrogens with zero attached hydrogens (tertiary/aromatic N) is 1. The zero-order chi connectivity index (χ0) is 46.9. The number of rotatable bonds is 25. The summed E-state index contributed by atoms with van der Waals surface area (Å²) in [5, 5.41) is 73.5. The minimum absolute atomic E-state index is 0.0313. The van der Waals surface area contributed by atoms with Gasteiger partial charge in [0.2, 0.25) is 47.3 Å². The fraction of sp³-hybridized carbons (Fsp3) is 0.722. The van der Waals surface area contributed by atoms with Gasteiger partial charge in [-0.3, -0.25) is 43.2 Å². The quantitative estimate of drug-likeness (QED) is 0.0405. The molecule has 25 heteroatoms. The Morgan fingerprint density at radius 1 is 0.639 bits per heavy atom. The monoisotopic (exact) mass is 875 g/mol. The Morgan fingerprint density at radius 2 is 1.15 bits per heavy atom.